The lowest BCUT2D eigenvalue weighted by molar-refractivity contribution is 0.0943. The molecule has 1 saturated heterocycles. The third-order valence-electron chi connectivity index (χ3n) is 4.73. The predicted octanol–water partition coefficient (Wildman–Crippen LogP) is -0.282. The minimum atomic E-state index is -0.106. The second-order valence-electron chi connectivity index (χ2n) is 6.89. The van der Waals surface area contributed by atoms with E-state index in [1.807, 2.05) is 10.7 Å². The lowest BCUT2D eigenvalue weighted by Gasteiger charge is -2.30. The van der Waals surface area contributed by atoms with Gasteiger partial charge in [-0.15, -0.1) is 0 Å². The first-order chi connectivity index (χ1) is 11.6. The fourth-order valence-electron chi connectivity index (χ4n) is 3.29. The fraction of sp³-hybridized carbons (Fsp3) is 0.750. The third kappa shape index (κ3) is 3.94. The molecule has 1 aromatic rings. The molecule has 2 unspecified atom stereocenters. The maximum Gasteiger partial charge on any atom is 0.271 e. The molecular weight excluding hydrogens is 308 g/mol. The summed E-state index contributed by atoms with van der Waals surface area (Å²) in [5, 5.41) is 7.43. The van der Waals surface area contributed by atoms with E-state index in [2.05, 4.69) is 40.0 Å². The summed E-state index contributed by atoms with van der Waals surface area (Å²) in [7, 11) is 1.69. The second kappa shape index (κ2) is 7.60. The van der Waals surface area contributed by atoms with Gasteiger partial charge in [0.2, 0.25) is 0 Å². The molecule has 0 aliphatic carbocycles. The number of ether oxygens (including phenoxy) is 1. The number of hydrogen-bond donors (Lipinski definition) is 3. The summed E-state index contributed by atoms with van der Waals surface area (Å²) < 4.78 is 7.09. The van der Waals surface area contributed by atoms with Crippen LogP contribution in [-0.4, -0.2) is 65.5 Å². The molecule has 1 fully saturated rings. The van der Waals surface area contributed by atoms with Gasteiger partial charge < -0.3 is 10.1 Å². The largest absolute Gasteiger partial charge is 0.383 e. The van der Waals surface area contributed by atoms with Crippen LogP contribution in [0.25, 0.3) is 0 Å². The Morgan fingerprint density at radius 3 is 2.96 bits per heavy atom. The van der Waals surface area contributed by atoms with Crippen molar-refractivity contribution < 1.29 is 9.53 Å². The van der Waals surface area contributed by atoms with Crippen LogP contribution in [0, 0.1) is 0 Å². The average Bonchev–Trinajstić information content (AvgIpc) is 3.18. The van der Waals surface area contributed by atoms with E-state index in [1.54, 1.807) is 7.11 Å². The van der Waals surface area contributed by atoms with Crippen molar-refractivity contribution in [2.75, 3.05) is 26.8 Å². The highest BCUT2D eigenvalue weighted by molar-refractivity contribution is 5.92. The van der Waals surface area contributed by atoms with Crippen LogP contribution in [0.4, 0.5) is 0 Å². The van der Waals surface area contributed by atoms with E-state index < -0.39 is 0 Å². The normalized spacial score (nSPS) is 24.3. The SMILES string of the molecule is COCC1CC(CNC(=O)c2cc3n(n2)CCN(C(C)C)C3)NN1. The van der Waals surface area contributed by atoms with Crippen molar-refractivity contribution in [3.63, 3.8) is 0 Å². The molecule has 2 aliphatic heterocycles. The molecule has 8 heteroatoms. The molecule has 24 heavy (non-hydrogen) atoms. The molecular formula is C16H28N6O2. The van der Waals surface area contributed by atoms with Gasteiger partial charge in [0.1, 0.15) is 5.69 Å². The molecule has 3 rings (SSSR count). The number of carbonyl (C=O) groups is 1. The predicted molar refractivity (Wildman–Crippen MR) is 90.4 cm³/mol. The Hall–Kier alpha value is -1.48. The number of nitrogens with one attached hydrogen (secondary N) is 3. The van der Waals surface area contributed by atoms with Gasteiger partial charge in [0.05, 0.1) is 18.8 Å². The summed E-state index contributed by atoms with van der Waals surface area (Å²) in [5.41, 5.74) is 7.98. The van der Waals surface area contributed by atoms with Gasteiger partial charge in [-0.3, -0.25) is 25.2 Å². The van der Waals surface area contributed by atoms with Gasteiger partial charge in [0, 0.05) is 44.9 Å². The third-order valence-corrected chi connectivity index (χ3v) is 4.73. The average molecular weight is 336 g/mol. The maximum atomic E-state index is 12.4. The summed E-state index contributed by atoms with van der Waals surface area (Å²) in [5.74, 6) is -0.106. The highest BCUT2D eigenvalue weighted by Crippen LogP contribution is 2.16. The smallest absolute Gasteiger partial charge is 0.271 e. The van der Waals surface area contributed by atoms with Crippen molar-refractivity contribution in [3.05, 3.63) is 17.5 Å². The summed E-state index contributed by atoms with van der Waals surface area (Å²) in [4.78, 5) is 14.8. The van der Waals surface area contributed by atoms with Crippen LogP contribution in [0.5, 0.6) is 0 Å². The standard InChI is InChI=1S/C16H28N6O2/c1-11(2)21-4-5-22-14(9-21)7-15(20-22)16(23)17-8-12-6-13(10-24-3)19-18-12/h7,11-13,18-19H,4-6,8-10H2,1-3H3,(H,17,23). The van der Waals surface area contributed by atoms with Crippen molar-refractivity contribution in [3.8, 4) is 0 Å². The molecule has 8 nitrogen and oxygen atoms in total. The first-order valence-corrected chi connectivity index (χ1v) is 8.65. The highest BCUT2D eigenvalue weighted by Gasteiger charge is 2.25. The number of aromatic nitrogens is 2. The van der Waals surface area contributed by atoms with Gasteiger partial charge in [-0.1, -0.05) is 0 Å². The van der Waals surface area contributed by atoms with E-state index in [0.29, 0.717) is 30.9 Å². The quantitative estimate of drug-likeness (QED) is 0.663. The number of rotatable bonds is 6. The number of nitrogens with zero attached hydrogens (tertiary/aromatic N) is 3. The topological polar surface area (TPSA) is 83.5 Å². The van der Waals surface area contributed by atoms with E-state index in [9.17, 15) is 4.79 Å². The van der Waals surface area contributed by atoms with Gasteiger partial charge in [-0.25, -0.2) is 0 Å². The maximum absolute atomic E-state index is 12.4. The van der Waals surface area contributed by atoms with E-state index in [-0.39, 0.29) is 11.9 Å². The molecule has 3 N–H and O–H groups in total. The summed E-state index contributed by atoms with van der Waals surface area (Å²) in [6, 6.07) is 2.92. The van der Waals surface area contributed by atoms with Crippen molar-refractivity contribution >= 4 is 5.91 Å². The zero-order valence-electron chi connectivity index (χ0n) is 14.7. The number of fused-ring (bicyclic) bond motifs is 1. The Kier molecular flexibility index (Phi) is 5.50. The minimum Gasteiger partial charge on any atom is -0.383 e. The molecule has 1 aromatic heterocycles. The molecule has 0 spiro atoms. The number of hydrogen-bond acceptors (Lipinski definition) is 6. The Labute approximate surface area is 142 Å². The van der Waals surface area contributed by atoms with Crippen molar-refractivity contribution in [2.45, 2.75) is 51.5 Å². The van der Waals surface area contributed by atoms with Gasteiger partial charge >= 0.3 is 0 Å². The molecule has 0 radical (unpaired) electrons. The molecule has 0 saturated carbocycles. The molecule has 0 aromatic carbocycles. The van der Waals surface area contributed by atoms with E-state index in [4.69, 9.17) is 4.74 Å². The highest BCUT2D eigenvalue weighted by atomic mass is 16.5. The van der Waals surface area contributed by atoms with Gasteiger partial charge in [0.25, 0.3) is 5.91 Å². The Morgan fingerprint density at radius 1 is 1.42 bits per heavy atom. The molecule has 1 amide bonds. The lowest BCUT2D eigenvalue weighted by Crippen LogP contribution is -2.41. The van der Waals surface area contributed by atoms with Crippen molar-refractivity contribution in [1.82, 2.24) is 30.8 Å². The van der Waals surface area contributed by atoms with Crippen LogP contribution in [0.15, 0.2) is 6.07 Å². The Bertz CT molecular complexity index is 573. The van der Waals surface area contributed by atoms with Crippen LogP contribution >= 0.6 is 0 Å². The number of methoxy groups -OCH3 is 1. The summed E-state index contributed by atoms with van der Waals surface area (Å²) in [6.07, 6.45) is 0.928. The zero-order chi connectivity index (χ0) is 17.1. The Morgan fingerprint density at radius 2 is 2.21 bits per heavy atom. The van der Waals surface area contributed by atoms with Gasteiger partial charge in [-0.2, -0.15) is 5.10 Å². The minimum absolute atomic E-state index is 0.106. The Balaban J connectivity index is 1.51. The lowest BCUT2D eigenvalue weighted by atomic mass is 10.1. The molecule has 2 aliphatic rings. The van der Waals surface area contributed by atoms with E-state index in [1.165, 1.54) is 0 Å². The molecule has 0 bridgehead atoms. The van der Waals surface area contributed by atoms with Crippen LogP contribution in [0.2, 0.25) is 0 Å². The number of hydrazine groups is 1. The first-order valence-electron chi connectivity index (χ1n) is 8.65. The van der Waals surface area contributed by atoms with Gasteiger partial charge in [0.15, 0.2) is 0 Å². The van der Waals surface area contributed by atoms with Gasteiger partial charge in [-0.05, 0) is 26.3 Å². The van der Waals surface area contributed by atoms with E-state index >= 15 is 0 Å². The zero-order valence-corrected chi connectivity index (χ0v) is 14.7. The van der Waals surface area contributed by atoms with Crippen molar-refractivity contribution in [1.29, 1.82) is 0 Å². The van der Waals surface area contributed by atoms with Crippen LogP contribution < -0.4 is 16.2 Å². The number of amides is 1. The fourth-order valence-corrected chi connectivity index (χ4v) is 3.29. The molecule has 3 heterocycles. The summed E-state index contributed by atoms with van der Waals surface area (Å²) in [6.45, 7) is 8.30. The number of carbonyl (C=O) groups excluding carboxylic acids is 1. The van der Waals surface area contributed by atoms with Crippen molar-refractivity contribution in [2.24, 2.45) is 0 Å². The molecule has 2 atom stereocenters. The van der Waals surface area contributed by atoms with E-state index in [0.717, 1.165) is 31.7 Å². The van der Waals surface area contributed by atoms with Crippen LogP contribution in [0.1, 0.15) is 36.5 Å². The second-order valence-corrected chi connectivity index (χ2v) is 6.89. The first kappa shape index (κ1) is 17.3. The monoisotopic (exact) mass is 336 g/mol. The van der Waals surface area contributed by atoms with Crippen LogP contribution in [0.3, 0.4) is 0 Å². The van der Waals surface area contributed by atoms with Crippen LogP contribution in [-0.2, 0) is 17.8 Å². The molecule has 134 valence electrons. The summed E-state index contributed by atoms with van der Waals surface area (Å²) >= 11 is 0.